The van der Waals surface area contributed by atoms with Crippen molar-refractivity contribution in [3.05, 3.63) is 100 Å². The first kappa shape index (κ1) is 27.9. The summed E-state index contributed by atoms with van der Waals surface area (Å²) in [4.78, 5) is 28.4. The number of ether oxygens (including phenoxy) is 2. The molecule has 0 unspecified atom stereocenters. The van der Waals surface area contributed by atoms with Crippen LogP contribution >= 0.6 is 23.1 Å². The number of aliphatic hydroxyl groups is 1. The Balaban J connectivity index is 1.39. The van der Waals surface area contributed by atoms with Gasteiger partial charge >= 0.3 is 5.91 Å². The maximum atomic E-state index is 13.6. The molecule has 1 atom stereocenters. The molecule has 0 radical (unpaired) electrons. The largest absolute Gasteiger partial charge is 0.507 e. The number of thioether (sulfide) groups is 1. The van der Waals surface area contributed by atoms with Crippen LogP contribution in [0.1, 0.15) is 48.1 Å². The molecule has 1 saturated heterocycles. The monoisotopic (exact) mass is 603 g/mol. The minimum atomic E-state index is -0.928. The second-order valence-corrected chi connectivity index (χ2v) is 12.3. The zero-order valence-corrected chi connectivity index (χ0v) is 24.4. The highest BCUT2D eigenvalue weighted by Crippen LogP contribution is 2.45. The molecule has 0 aliphatic carbocycles. The molecule has 0 spiro atoms. The summed E-state index contributed by atoms with van der Waals surface area (Å²) in [6.07, 6.45) is 0. The topological polar surface area (TPSA) is 102 Å². The van der Waals surface area contributed by atoms with Crippen LogP contribution in [-0.2, 0) is 15.3 Å². The average molecular weight is 604 g/mol. The van der Waals surface area contributed by atoms with E-state index in [9.17, 15) is 19.1 Å². The summed E-state index contributed by atoms with van der Waals surface area (Å²) in [7, 11) is 0. The minimum Gasteiger partial charge on any atom is -0.507 e. The number of hydrogen-bond acceptors (Lipinski definition) is 9. The predicted octanol–water partition coefficient (Wildman–Crippen LogP) is 6.49. The van der Waals surface area contributed by atoms with Crippen molar-refractivity contribution in [2.75, 3.05) is 18.1 Å². The van der Waals surface area contributed by atoms with Crippen LogP contribution in [0.3, 0.4) is 0 Å². The Bertz CT molecular complexity index is 1690. The van der Waals surface area contributed by atoms with Crippen molar-refractivity contribution in [3.63, 3.8) is 0 Å². The zero-order chi connectivity index (χ0) is 29.4. The molecule has 0 bridgehead atoms. The van der Waals surface area contributed by atoms with E-state index in [4.69, 9.17) is 9.47 Å². The third kappa shape index (κ3) is 5.37. The van der Waals surface area contributed by atoms with Crippen LogP contribution in [0.15, 0.2) is 76.6 Å². The molecule has 1 N–H and O–H groups in total. The number of ketones is 1. The molecule has 1 fully saturated rings. The average Bonchev–Trinajstić information content (AvgIpc) is 3.58. The number of aliphatic hydroxyl groups excluding tert-OH is 1. The van der Waals surface area contributed by atoms with E-state index < -0.39 is 17.7 Å². The van der Waals surface area contributed by atoms with Gasteiger partial charge in [-0.3, -0.25) is 14.5 Å². The van der Waals surface area contributed by atoms with Gasteiger partial charge in [0.1, 0.15) is 24.8 Å². The molecule has 2 aliphatic rings. The van der Waals surface area contributed by atoms with E-state index in [1.807, 2.05) is 24.3 Å². The van der Waals surface area contributed by atoms with Gasteiger partial charge in [-0.25, -0.2) is 4.39 Å². The quantitative estimate of drug-likeness (QED) is 0.0841. The van der Waals surface area contributed by atoms with Crippen LogP contribution in [0.2, 0.25) is 0 Å². The summed E-state index contributed by atoms with van der Waals surface area (Å²) in [5.74, 6) is -0.460. The maximum absolute atomic E-state index is 13.6. The summed E-state index contributed by atoms with van der Waals surface area (Å²) in [5.41, 5.74) is 2.92. The molecule has 1 aromatic heterocycles. The Kier molecular flexibility index (Phi) is 7.70. The summed E-state index contributed by atoms with van der Waals surface area (Å²) < 4.78 is 25.1. The summed E-state index contributed by atoms with van der Waals surface area (Å²) in [6, 6.07) is 17.8. The van der Waals surface area contributed by atoms with Gasteiger partial charge in [-0.05, 0) is 52.9 Å². The Morgan fingerprint density at radius 1 is 1.02 bits per heavy atom. The molecule has 3 aromatic carbocycles. The van der Waals surface area contributed by atoms with Gasteiger partial charge in [0.2, 0.25) is 5.13 Å². The Morgan fingerprint density at radius 2 is 1.74 bits per heavy atom. The van der Waals surface area contributed by atoms with Crippen LogP contribution in [0.25, 0.3) is 5.76 Å². The number of halogens is 1. The Labute approximate surface area is 249 Å². The van der Waals surface area contributed by atoms with Crippen LogP contribution in [-0.4, -0.2) is 40.2 Å². The summed E-state index contributed by atoms with van der Waals surface area (Å²) in [6.45, 7) is 4.94. The van der Waals surface area contributed by atoms with Crippen molar-refractivity contribution in [1.29, 1.82) is 0 Å². The van der Waals surface area contributed by atoms with Crippen molar-refractivity contribution in [1.82, 2.24) is 10.2 Å². The number of carbonyl (C=O) groups excluding carboxylic acids is 2. The van der Waals surface area contributed by atoms with E-state index in [2.05, 4.69) is 24.0 Å². The molecule has 42 heavy (non-hydrogen) atoms. The number of anilines is 1. The molecule has 2 aliphatic heterocycles. The number of carbonyl (C=O) groups is 2. The van der Waals surface area contributed by atoms with Gasteiger partial charge in [0.25, 0.3) is 5.78 Å². The highest BCUT2D eigenvalue weighted by Gasteiger charge is 2.48. The summed E-state index contributed by atoms with van der Waals surface area (Å²) in [5, 5.41) is 20.2. The van der Waals surface area contributed by atoms with E-state index in [0.717, 1.165) is 11.1 Å². The van der Waals surface area contributed by atoms with Crippen molar-refractivity contribution in [3.8, 4) is 11.5 Å². The first-order valence-corrected chi connectivity index (χ1v) is 15.1. The van der Waals surface area contributed by atoms with Gasteiger partial charge in [-0.1, -0.05) is 73.3 Å². The fraction of sp³-hybridized carbons (Fsp3) is 0.226. The Hall–Kier alpha value is -4.22. The first-order valence-electron chi connectivity index (χ1n) is 13.3. The van der Waals surface area contributed by atoms with E-state index >= 15 is 0 Å². The number of Topliss-reactive ketones (excluding diaryl/α,β-unsaturated/α-hetero) is 1. The van der Waals surface area contributed by atoms with Crippen LogP contribution in [0.4, 0.5) is 9.52 Å². The minimum absolute atomic E-state index is 0.0512. The molecule has 6 rings (SSSR count). The van der Waals surface area contributed by atoms with E-state index in [-0.39, 0.29) is 28.2 Å². The van der Waals surface area contributed by atoms with Gasteiger partial charge in [0.15, 0.2) is 15.8 Å². The first-order chi connectivity index (χ1) is 20.3. The molecule has 8 nitrogen and oxygen atoms in total. The number of amides is 1. The van der Waals surface area contributed by atoms with Gasteiger partial charge in [-0.15, -0.1) is 10.2 Å². The predicted molar refractivity (Wildman–Crippen MR) is 159 cm³/mol. The van der Waals surface area contributed by atoms with Gasteiger partial charge in [0, 0.05) is 11.3 Å². The lowest BCUT2D eigenvalue weighted by Gasteiger charge is -2.23. The molecule has 4 aromatic rings. The van der Waals surface area contributed by atoms with Gasteiger partial charge < -0.3 is 14.6 Å². The number of fused-ring (bicyclic) bond motifs is 1. The van der Waals surface area contributed by atoms with Crippen molar-refractivity contribution in [2.24, 2.45) is 0 Å². The van der Waals surface area contributed by atoms with Crippen LogP contribution < -0.4 is 14.4 Å². The number of aromatic nitrogens is 2. The van der Waals surface area contributed by atoms with E-state index in [1.54, 1.807) is 30.3 Å². The molecular weight excluding hydrogens is 577 g/mol. The normalized spacial score (nSPS) is 17.7. The lowest BCUT2D eigenvalue weighted by molar-refractivity contribution is -0.132. The summed E-state index contributed by atoms with van der Waals surface area (Å²) >= 11 is 2.56. The number of hydrogen-bond donors (Lipinski definition) is 1. The molecule has 11 heteroatoms. The number of benzene rings is 3. The van der Waals surface area contributed by atoms with Crippen molar-refractivity contribution < 1.29 is 28.6 Å². The lowest BCUT2D eigenvalue weighted by atomic mass is 9.93. The number of rotatable bonds is 7. The molecule has 214 valence electrons. The molecule has 3 heterocycles. The maximum Gasteiger partial charge on any atom is 0.301 e. The van der Waals surface area contributed by atoms with Crippen molar-refractivity contribution >= 4 is 45.7 Å². The smallest absolute Gasteiger partial charge is 0.301 e. The molecule has 1 amide bonds. The second kappa shape index (κ2) is 11.6. The van der Waals surface area contributed by atoms with Crippen molar-refractivity contribution in [2.45, 2.75) is 35.9 Å². The van der Waals surface area contributed by atoms with Gasteiger partial charge in [0.05, 0.1) is 11.6 Å². The van der Waals surface area contributed by atoms with E-state index in [1.165, 1.54) is 40.1 Å². The van der Waals surface area contributed by atoms with E-state index in [0.29, 0.717) is 45.9 Å². The third-order valence-corrected chi connectivity index (χ3v) is 9.18. The highest BCUT2D eigenvalue weighted by atomic mass is 32.2. The standard InChI is InChI=1S/C31H26FN3O5S2/c1-17(2)19-5-7-20(8-6-19)26-25(27(36)21-9-12-23-24(15-21)40-14-13-39-23)28(37)29(38)35(26)30-33-34-31(42-30)41-16-18-3-10-22(32)11-4-18/h3-12,15,17,26,36H,13-14,16H2,1-2H3/b27-25+/t26-/m0/s1. The van der Waals surface area contributed by atoms with Crippen LogP contribution in [0.5, 0.6) is 11.5 Å². The fourth-order valence-electron chi connectivity index (χ4n) is 4.84. The van der Waals surface area contributed by atoms with Crippen LogP contribution in [0, 0.1) is 5.82 Å². The molecular formula is C31H26FN3O5S2. The third-order valence-electron chi connectivity index (χ3n) is 7.06. The van der Waals surface area contributed by atoms with Gasteiger partial charge in [-0.2, -0.15) is 0 Å². The SMILES string of the molecule is CC(C)c1ccc([C@H]2/C(=C(\O)c3ccc4c(c3)OCCO4)C(=O)C(=O)N2c2nnc(SCc3ccc(F)cc3)s2)cc1. The Morgan fingerprint density at radius 3 is 2.45 bits per heavy atom. The second-order valence-electron chi connectivity index (χ2n) is 10.1. The molecule has 0 saturated carbocycles. The fourth-order valence-corrected chi connectivity index (χ4v) is 6.66. The number of nitrogens with zero attached hydrogens (tertiary/aromatic N) is 3. The zero-order valence-electron chi connectivity index (χ0n) is 22.7. The highest BCUT2D eigenvalue weighted by molar-refractivity contribution is 8.00. The lowest BCUT2D eigenvalue weighted by Crippen LogP contribution is -2.29.